The Kier molecular flexibility index (Phi) is 3.25. The van der Waals surface area contributed by atoms with E-state index in [1.165, 1.54) is 11.8 Å². The third kappa shape index (κ3) is 2.02. The van der Waals surface area contributed by atoms with Gasteiger partial charge in [0.15, 0.2) is 12.1 Å². The minimum atomic E-state index is -0.00301. The van der Waals surface area contributed by atoms with Crippen LogP contribution in [-0.2, 0) is 4.74 Å². The molecule has 76 valence electrons. The normalized spacial score (nSPS) is 22.2. The highest BCUT2D eigenvalue weighted by Crippen LogP contribution is 2.23. The molecule has 1 aromatic rings. The van der Waals surface area contributed by atoms with Crippen molar-refractivity contribution in [1.29, 1.82) is 0 Å². The molecular formula is C8H10BrN3OS. The van der Waals surface area contributed by atoms with E-state index in [9.17, 15) is 0 Å². The summed E-state index contributed by atoms with van der Waals surface area (Å²) in [5, 5.41) is 5.73. The Labute approximate surface area is 95.8 Å². The van der Waals surface area contributed by atoms with Crippen LogP contribution in [-0.4, -0.2) is 26.7 Å². The maximum Gasteiger partial charge on any atom is 0.217 e. The van der Waals surface area contributed by atoms with Gasteiger partial charge in [0.25, 0.3) is 0 Å². The van der Waals surface area contributed by atoms with Crippen LogP contribution in [0.15, 0.2) is 4.73 Å². The van der Waals surface area contributed by atoms with Crippen LogP contribution in [0, 0.1) is 0 Å². The van der Waals surface area contributed by atoms with Crippen molar-refractivity contribution in [3.8, 4) is 0 Å². The Balaban J connectivity index is 2.24. The van der Waals surface area contributed by atoms with Gasteiger partial charge in [-0.15, -0.1) is 5.10 Å². The molecule has 0 radical (unpaired) electrons. The van der Waals surface area contributed by atoms with E-state index in [1.54, 1.807) is 4.68 Å². The van der Waals surface area contributed by atoms with E-state index >= 15 is 0 Å². The summed E-state index contributed by atoms with van der Waals surface area (Å²) in [5.74, 6) is 0.679. The molecule has 14 heavy (non-hydrogen) atoms. The van der Waals surface area contributed by atoms with Gasteiger partial charge >= 0.3 is 0 Å². The summed E-state index contributed by atoms with van der Waals surface area (Å²) in [6.07, 6.45) is 3.27. The molecule has 0 aliphatic carbocycles. The molecule has 2 rings (SSSR count). The van der Waals surface area contributed by atoms with Gasteiger partial charge in [0.2, 0.25) is 4.73 Å². The second-order valence-electron chi connectivity index (χ2n) is 3.12. The molecule has 0 N–H and O–H groups in total. The first kappa shape index (κ1) is 10.2. The first-order valence-corrected chi connectivity index (χ1v) is 5.76. The Morgan fingerprint density at radius 3 is 3.07 bits per heavy atom. The third-order valence-electron chi connectivity index (χ3n) is 2.17. The van der Waals surface area contributed by atoms with Crippen LogP contribution >= 0.6 is 28.1 Å². The molecule has 1 aliphatic heterocycles. The van der Waals surface area contributed by atoms with Gasteiger partial charge in [-0.2, -0.15) is 0 Å². The highest BCUT2D eigenvalue weighted by atomic mass is 79.9. The van der Waals surface area contributed by atoms with Gasteiger partial charge in [0, 0.05) is 12.0 Å². The second-order valence-corrected chi connectivity index (χ2v) is 4.07. The maximum atomic E-state index is 5.59. The summed E-state index contributed by atoms with van der Waals surface area (Å²) < 4.78 is 7.90. The van der Waals surface area contributed by atoms with Gasteiger partial charge in [-0.1, -0.05) is 12.2 Å². The lowest BCUT2D eigenvalue weighted by Gasteiger charge is -2.22. The van der Waals surface area contributed by atoms with Gasteiger partial charge in [-0.05, 0) is 35.2 Å². The topological polar surface area (TPSA) is 39.9 Å². The smallest absolute Gasteiger partial charge is 0.217 e. The number of halogens is 1. The Morgan fingerprint density at radius 2 is 2.43 bits per heavy atom. The molecule has 0 spiro atoms. The van der Waals surface area contributed by atoms with Crippen molar-refractivity contribution >= 4 is 33.5 Å². The molecule has 4 nitrogen and oxygen atoms in total. The lowest BCUT2D eigenvalue weighted by atomic mass is 10.2. The van der Waals surface area contributed by atoms with Crippen molar-refractivity contribution in [1.82, 2.24) is 14.8 Å². The van der Waals surface area contributed by atoms with Gasteiger partial charge in [0.05, 0.1) is 0 Å². The second kappa shape index (κ2) is 4.46. The molecule has 1 fully saturated rings. The van der Waals surface area contributed by atoms with E-state index in [0.717, 1.165) is 19.4 Å². The molecule has 6 heteroatoms. The first-order chi connectivity index (χ1) is 6.81. The number of thiocarbonyl (C=S) groups is 1. The van der Waals surface area contributed by atoms with E-state index in [-0.39, 0.29) is 6.23 Å². The summed E-state index contributed by atoms with van der Waals surface area (Å²) in [7, 11) is 0. The zero-order valence-electron chi connectivity index (χ0n) is 7.52. The zero-order chi connectivity index (χ0) is 9.97. The van der Waals surface area contributed by atoms with Crippen LogP contribution in [0.5, 0.6) is 0 Å². The van der Waals surface area contributed by atoms with Crippen LogP contribution in [0.2, 0.25) is 0 Å². The molecule has 0 saturated carbocycles. The molecule has 0 bridgehead atoms. The van der Waals surface area contributed by atoms with E-state index in [1.807, 2.05) is 0 Å². The standard InChI is InChI=1S/C8H10BrN3OS/c9-8-10-6(5-14)12(11-8)7-3-1-2-4-13-7/h5,7H,1-4H2. The van der Waals surface area contributed by atoms with E-state index < -0.39 is 0 Å². The van der Waals surface area contributed by atoms with Crippen molar-refractivity contribution in [2.75, 3.05) is 6.61 Å². The fourth-order valence-electron chi connectivity index (χ4n) is 1.52. The van der Waals surface area contributed by atoms with Crippen molar-refractivity contribution in [2.45, 2.75) is 25.5 Å². The van der Waals surface area contributed by atoms with Crippen LogP contribution < -0.4 is 0 Å². The third-order valence-corrected chi connectivity index (χ3v) is 2.71. The highest BCUT2D eigenvalue weighted by Gasteiger charge is 2.19. The number of nitrogens with zero attached hydrogens (tertiary/aromatic N) is 3. The summed E-state index contributed by atoms with van der Waals surface area (Å²) >= 11 is 8.09. The number of hydrogen-bond donors (Lipinski definition) is 0. The molecule has 1 aliphatic rings. The fourth-order valence-corrected chi connectivity index (χ4v) is 2.03. The molecule has 0 amide bonds. The predicted molar refractivity (Wildman–Crippen MR) is 59.3 cm³/mol. The summed E-state index contributed by atoms with van der Waals surface area (Å²) in [4.78, 5) is 4.13. The molecule has 1 saturated heterocycles. The number of hydrogen-bond acceptors (Lipinski definition) is 4. The zero-order valence-corrected chi connectivity index (χ0v) is 9.92. The average Bonchev–Trinajstić information content (AvgIpc) is 2.61. The van der Waals surface area contributed by atoms with Gasteiger partial charge in [-0.25, -0.2) is 9.67 Å². The lowest BCUT2D eigenvalue weighted by Crippen LogP contribution is -2.20. The minimum Gasteiger partial charge on any atom is -0.356 e. The fraction of sp³-hybridized carbons (Fsp3) is 0.625. The van der Waals surface area contributed by atoms with Crippen LogP contribution in [0.4, 0.5) is 0 Å². The van der Waals surface area contributed by atoms with Crippen molar-refractivity contribution in [3.63, 3.8) is 0 Å². The van der Waals surface area contributed by atoms with E-state index in [2.05, 4.69) is 26.0 Å². The van der Waals surface area contributed by atoms with Crippen molar-refractivity contribution in [3.05, 3.63) is 10.6 Å². The van der Waals surface area contributed by atoms with Gasteiger partial charge in [-0.3, -0.25) is 0 Å². The van der Waals surface area contributed by atoms with Crippen LogP contribution in [0.3, 0.4) is 0 Å². The van der Waals surface area contributed by atoms with Crippen LogP contribution in [0.1, 0.15) is 31.3 Å². The quantitative estimate of drug-likeness (QED) is 0.775. The average molecular weight is 276 g/mol. The minimum absolute atomic E-state index is 0.00301. The Bertz CT molecular complexity index is 335. The number of ether oxygens (including phenoxy) is 1. The monoisotopic (exact) mass is 275 g/mol. The predicted octanol–water partition coefficient (Wildman–Crippen LogP) is 2.09. The van der Waals surface area contributed by atoms with Gasteiger partial charge in [0.1, 0.15) is 0 Å². The van der Waals surface area contributed by atoms with Crippen molar-refractivity contribution in [2.24, 2.45) is 0 Å². The molecule has 1 atom stereocenters. The van der Waals surface area contributed by atoms with Gasteiger partial charge < -0.3 is 4.74 Å². The summed E-state index contributed by atoms with van der Waals surface area (Å²) in [6.45, 7) is 0.791. The van der Waals surface area contributed by atoms with Crippen molar-refractivity contribution < 1.29 is 4.74 Å². The van der Waals surface area contributed by atoms with E-state index in [0.29, 0.717) is 10.6 Å². The lowest BCUT2D eigenvalue weighted by molar-refractivity contribution is -0.0400. The van der Waals surface area contributed by atoms with Crippen LogP contribution in [0.25, 0.3) is 0 Å². The Hall–Kier alpha value is -0.330. The highest BCUT2D eigenvalue weighted by molar-refractivity contribution is 9.10. The molecular weight excluding hydrogens is 266 g/mol. The molecule has 1 unspecified atom stereocenters. The molecule has 1 aromatic heterocycles. The molecule has 0 aromatic carbocycles. The number of aromatic nitrogens is 3. The largest absolute Gasteiger partial charge is 0.356 e. The molecule has 2 heterocycles. The summed E-state index contributed by atoms with van der Waals surface area (Å²) in [5.41, 5.74) is 0. The maximum absolute atomic E-state index is 5.59. The summed E-state index contributed by atoms with van der Waals surface area (Å²) in [6, 6.07) is 0. The first-order valence-electron chi connectivity index (χ1n) is 4.50. The Morgan fingerprint density at radius 1 is 1.57 bits per heavy atom. The SMILES string of the molecule is S=Cc1nc(Br)nn1C1CCCCO1. The number of rotatable bonds is 2. The van der Waals surface area contributed by atoms with E-state index in [4.69, 9.17) is 17.0 Å².